The fraction of sp³-hybridized carbons (Fsp3) is 0.500. The first-order valence-electron chi connectivity index (χ1n) is 7.48. The monoisotopic (exact) mass is 323 g/mol. The van der Waals surface area contributed by atoms with E-state index in [0.717, 1.165) is 18.5 Å². The minimum Gasteiger partial charge on any atom is -0.356 e. The van der Waals surface area contributed by atoms with Gasteiger partial charge in [0.05, 0.1) is 12.0 Å². The van der Waals surface area contributed by atoms with Crippen LogP contribution >= 0.6 is 11.6 Å². The van der Waals surface area contributed by atoms with Crippen molar-refractivity contribution in [2.75, 3.05) is 27.2 Å². The van der Waals surface area contributed by atoms with Gasteiger partial charge in [0.2, 0.25) is 11.8 Å². The molecule has 2 amide bonds. The average Bonchev–Trinajstić information content (AvgIpc) is 2.79. The molecule has 5 nitrogen and oxygen atoms in total. The number of rotatable bonds is 6. The number of halogens is 1. The van der Waals surface area contributed by atoms with Crippen molar-refractivity contribution in [3.05, 3.63) is 34.9 Å². The molecule has 0 saturated carbocycles. The van der Waals surface area contributed by atoms with Crippen LogP contribution in [0.3, 0.4) is 0 Å². The van der Waals surface area contributed by atoms with Gasteiger partial charge in [-0.3, -0.25) is 9.59 Å². The van der Waals surface area contributed by atoms with Gasteiger partial charge in [0.15, 0.2) is 0 Å². The van der Waals surface area contributed by atoms with Crippen molar-refractivity contribution < 1.29 is 9.59 Å². The van der Waals surface area contributed by atoms with Crippen LogP contribution in [0.5, 0.6) is 0 Å². The van der Waals surface area contributed by atoms with Crippen LogP contribution in [0, 0.1) is 5.92 Å². The Labute approximate surface area is 136 Å². The van der Waals surface area contributed by atoms with E-state index in [1.54, 1.807) is 18.0 Å². The number of carbonyl (C=O) groups excluding carboxylic acids is 2. The fourth-order valence-corrected chi connectivity index (χ4v) is 3.06. The van der Waals surface area contributed by atoms with Crippen LogP contribution < -0.4 is 10.6 Å². The minimum absolute atomic E-state index is 0.0136. The molecule has 2 rings (SSSR count). The standard InChI is InChI=1S/C16H22ClN3O2/c1-18-7-4-8-19-16(22)13-10-14(21)20(2)15(13)11-5-3-6-12(17)9-11/h3,5-6,9,13,15,18H,4,7-8,10H2,1-2H3,(H,19,22). The number of hydrogen-bond acceptors (Lipinski definition) is 3. The van der Waals surface area contributed by atoms with Crippen molar-refractivity contribution >= 4 is 23.4 Å². The first kappa shape index (κ1) is 16.8. The SMILES string of the molecule is CNCCCNC(=O)C1CC(=O)N(C)C1c1cccc(Cl)c1. The summed E-state index contributed by atoms with van der Waals surface area (Å²) in [5, 5.41) is 6.57. The van der Waals surface area contributed by atoms with Crippen LogP contribution in [0.25, 0.3) is 0 Å². The molecule has 0 spiro atoms. The third-order valence-corrected chi connectivity index (χ3v) is 4.25. The Balaban J connectivity index is 2.11. The van der Waals surface area contributed by atoms with Crippen molar-refractivity contribution in [2.45, 2.75) is 18.9 Å². The number of likely N-dealkylation sites (tertiary alicyclic amines) is 1. The van der Waals surface area contributed by atoms with E-state index in [1.165, 1.54) is 0 Å². The summed E-state index contributed by atoms with van der Waals surface area (Å²) in [6.07, 6.45) is 1.10. The van der Waals surface area contributed by atoms with Crippen molar-refractivity contribution in [1.82, 2.24) is 15.5 Å². The second-order valence-corrected chi connectivity index (χ2v) is 6.00. The highest BCUT2D eigenvalue weighted by Crippen LogP contribution is 2.37. The zero-order chi connectivity index (χ0) is 16.1. The maximum Gasteiger partial charge on any atom is 0.226 e. The molecule has 2 atom stereocenters. The highest BCUT2D eigenvalue weighted by molar-refractivity contribution is 6.30. The predicted molar refractivity (Wildman–Crippen MR) is 86.6 cm³/mol. The van der Waals surface area contributed by atoms with Gasteiger partial charge in [-0.2, -0.15) is 0 Å². The Morgan fingerprint density at radius 3 is 2.86 bits per heavy atom. The molecular formula is C16H22ClN3O2. The Morgan fingerprint density at radius 1 is 1.41 bits per heavy atom. The van der Waals surface area contributed by atoms with Crippen LogP contribution in [0.1, 0.15) is 24.4 Å². The topological polar surface area (TPSA) is 61.4 Å². The molecule has 0 bridgehead atoms. The number of benzene rings is 1. The van der Waals surface area contributed by atoms with Gasteiger partial charge in [0, 0.05) is 25.0 Å². The van der Waals surface area contributed by atoms with Gasteiger partial charge in [-0.25, -0.2) is 0 Å². The second kappa shape index (κ2) is 7.61. The Hall–Kier alpha value is -1.59. The molecule has 1 aliphatic rings. The van der Waals surface area contributed by atoms with E-state index in [9.17, 15) is 9.59 Å². The summed E-state index contributed by atoms with van der Waals surface area (Å²) in [6.45, 7) is 1.46. The van der Waals surface area contributed by atoms with E-state index in [4.69, 9.17) is 11.6 Å². The lowest BCUT2D eigenvalue weighted by Crippen LogP contribution is -2.35. The lowest BCUT2D eigenvalue weighted by molar-refractivity contribution is -0.128. The quantitative estimate of drug-likeness (QED) is 0.781. The first-order valence-corrected chi connectivity index (χ1v) is 7.86. The maximum atomic E-state index is 12.4. The summed E-state index contributed by atoms with van der Waals surface area (Å²) in [7, 11) is 3.61. The molecule has 1 aromatic carbocycles. The van der Waals surface area contributed by atoms with Crippen molar-refractivity contribution in [3.63, 3.8) is 0 Å². The summed E-state index contributed by atoms with van der Waals surface area (Å²) < 4.78 is 0. The number of nitrogens with one attached hydrogen (secondary N) is 2. The number of hydrogen-bond donors (Lipinski definition) is 2. The molecule has 1 heterocycles. The van der Waals surface area contributed by atoms with Gasteiger partial charge < -0.3 is 15.5 Å². The zero-order valence-corrected chi connectivity index (χ0v) is 13.7. The van der Waals surface area contributed by atoms with E-state index >= 15 is 0 Å². The summed E-state index contributed by atoms with van der Waals surface area (Å²) in [6, 6.07) is 7.11. The number of amides is 2. The van der Waals surface area contributed by atoms with Crippen LogP contribution in [-0.4, -0.2) is 43.9 Å². The van der Waals surface area contributed by atoms with Crippen LogP contribution in [0.4, 0.5) is 0 Å². The Kier molecular flexibility index (Phi) is 5.80. The fourth-order valence-electron chi connectivity index (χ4n) is 2.86. The molecule has 0 radical (unpaired) electrons. The molecule has 2 unspecified atom stereocenters. The van der Waals surface area contributed by atoms with E-state index < -0.39 is 0 Å². The third kappa shape index (κ3) is 3.78. The molecule has 2 N–H and O–H groups in total. The number of nitrogens with zero attached hydrogens (tertiary/aromatic N) is 1. The molecule has 1 saturated heterocycles. The third-order valence-electron chi connectivity index (χ3n) is 4.02. The van der Waals surface area contributed by atoms with Gasteiger partial charge in [0.1, 0.15) is 0 Å². The van der Waals surface area contributed by atoms with Crippen LogP contribution in [0.15, 0.2) is 24.3 Å². The summed E-state index contributed by atoms with van der Waals surface area (Å²) in [5.41, 5.74) is 0.899. The van der Waals surface area contributed by atoms with Gasteiger partial charge in [0.25, 0.3) is 0 Å². The lowest BCUT2D eigenvalue weighted by atomic mass is 9.93. The van der Waals surface area contributed by atoms with Crippen molar-refractivity contribution in [3.8, 4) is 0 Å². The molecule has 6 heteroatoms. The molecule has 120 valence electrons. The van der Waals surface area contributed by atoms with Crippen LogP contribution in [0.2, 0.25) is 5.02 Å². The van der Waals surface area contributed by atoms with Gasteiger partial charge in [-0.15, -0.1) is 0 Å². The Bertz CT molecular complexity index is 550. The number of carbonyl (C=O) groups is 2. The Morgan fingerprint density at radius 2 is 2.18 bits per heavy atom. The highest BCUT2D eigenvalue weighted by atomic mass is 35.5. The largest absolute Gasteiger partial charge is 0.356 e. The van der Waals surface area contributed by atoms with Crippen molar-refractivity contribution in [1.29, 1.82) is 0 Å². The predicted octanol–water partition coefficient (Wildman–Crippen LogP) is 1.59. The molecule has 0 aromatic heterocycles. The normalized spacial score (nSPS) is 21.2. The van der Waals surface area contributed by atoms with Crippen LogP contribution in [-0.2, 0) is 9.59 Å². The highest BCUT2D eigenvalue weighted by Gasteiger charge is 2.42. The van der Waals surface area contributed by atoms with Crippen molar-refractivity contribution in [2.24, 2.45) is 5.92 Å². The molecule has 22 heavy (non-hydrogen) atoms. The van der Waals surface area contributed by atoms with E-state index in [-0.39, 0.29) is 30.2 Å². The summed E-state index contributed by atoms with van der Waals surface area (Å²) in [5.74, 6) is -0.454. The molecule has 1 aliphatic heterocycles. The van der Waals surface area contributed by atoms with E-state index in [0.29, 0.717) is 11.6 Å². The molecule has 0 aliphatic carbocycles. The van der Waals surface area contributed by atoms with E-state index in [1.807, 2.05) is 25.2 Å². The van der Waals surface area contributed by atoms with Gasteiger partial charge in [-0.05, 0) is 37.7 Å². The molecule has 1 fully saturated rings. The molecule has 1 aromatic rings. The maximum absolute atomic E-state index is 12.4. The van der Waals surface area contributed by atoms with E-state index in [2.05, 4.69) is 10.6 Å². The summed E-state index contributed by atoms with van der Waals surface area (Å²) in [4.78, 5) is 26.1. The summed E-state index contributed by atoms with van der Waals surface area (Å²) >= 11 is 6.04. The zero-order valence-electron chi connectivity index (χ0n) is 12.9. The van der Waals surface area contributed by atoms with Gasteiger partial charge in [-0.1, -0.05) is 23.7 Å². The second-order valence-electron chi connectivity index (χ2n) is 5.56. The first-order chi connectivity index (χ1) is 10.5. The lowest BCUT2D eigenvalue weighted by Gasteiger charge is -2.25. The molecular weight excluding hydrogens is 302 g/mol. The minimum atomic E-state index is -0.370. The smallest absolute Gasteiger partial charge is 0.226 e. The average molecular weight is 324 g/mol. The van der Waals surface area contributed by atoms with Gasteiger partial charge >= 0.3 is 0 Å².